The van der Waals surface area contributed by atoms with Crippen LogP contribution in [0.5, 0.6) is 0 Å². The molecule has 8 atom stereocenters. The summed E-state index contributed by atoms with van der Waals surface area (Å²) in [4.78, 5) is 0. The monoisotopic (exact) mass is 338 g/mol. The molecule has 4 rings (SSSR count). The number of hydrogen-bond donors (Lipinski definition) is 4. The molecule has 0 amide bonds. The van der Waals surface area contributed by atoms with E-state index in [0.29, 0.717) is 18.3 Å². The lowest BCUT2D eigenvalue weighted by Crippen LogP contribution is -2.63. The zero-order valence-electron chi connectivity index (χ0n) is 15.2. The van der Waals surface area contributed by atoms with Crippen LogP contribution in [0, 0.1) is 34.0 Å². The summed E-state index contributed by atoms with van der Waals surface area (Å²) >= 11 is 0. The third-order valence-corrected chi connectivity index (χ3v) is 9.54. The van der Waals surface area contributed by atoms with E-state index >= 15 is 0 Å². The van der Waals surface area contributed by atoms with Gasteiger partial charge in [0.15, 0.2) is 0 Å². The summed E-state index contributed by atoms with van der Waals surface area (Å²) in [6.07, 6.45) is 7.33. The SMILES string of the molecule is C[C@@]1(CO)[C@@H](O)CC[C@]2(C)[C@H]1CC[C@H]1C[C@H]3C[C@@]12CC[C@]3(O)CO. The number of hydrogen-bond acceptors (Lipinski definition) is 4. The molecule has 4 nitrogen and oxygen atoms in total. The predicted molar refractivity (Wildman–Crippen MR) is 91.2 cm³/mol. The summed E-state index contributed by atoms with van der Waals surface area (Å²) in [5.74, 6) is 1.18. The van der Waals surface area contributed by atoms with Crippen molar-refractivity contribution in [3.63, 3.8) is 0 Å². The Hall–Kier alpha value is -0.160. The molecular weight excluding hydrogens is 304 g/mol. The smallest absolute Gasteiger partial charge is 0.0905 e. The largest absolute Gasteiger partial charge is 0.396 e. The summed E-state index contributed by atoms with van der Waals surface area (Å²) in [6.45, 7) is 4.43. The van der Waals surface area contributed by atoms with Gasteiger partial charge in [-0.05, 0) is 80.0 Å². The first-order valence-corrected chi connectivity index (χ1v) is 9.88. The first-order valence-electron chi connectivity index (χ1n) is 9.88. The van der Waals surface area contributed by atoms with Crippen molar-refractivity contribution in [2.24, 2.45) is 34.0 Å². The molecule has 0 aromatic heterocycles. The van der Waals surface area contributed by atoms with E-state index in [-0.39, 0.29) is 30.0 Å². The number of rotatable bonds is 2. The summed E-state index contributed by atoms with van der Waals surface area (Å²) in [5, 5.41) is 41.3. The minimum absolute atomic E-state index is 0.0547. The molecule has 4 fully saturated rings. The van der Waals surface area contributed by atoms with Crippen molar-refractivity contribution in [2.45, 2.75) is 76.9 Å². The molecule has 0 aromatic carbocycles. The lowest BCUT2D eigenvalue weighted by Gasteiger charge is -2.66. The Labute approximate surface area is 145 Å². The zero-order chi connectivity index (χ0) is 17.4. The minimum Gasteiger partial charge on any atom is -0.396 e. The molecule has 2 bridgehead atoms. The Balaban J connectivity index is 1.74. The molecule has 138 valence electrons. The van der Waals surface area contributed by atoms with Crippen LogP contribution in [0.2, 0.25) is 0 Å². The highest BCUT2D eigenvalue weighted by atomic mass is 16.3. The molecule has 4 saturated carbocycles. The highest BCUT2D eigenvalue weighted by molar-refractivity contribution is 5.19. The van der Waals surface area contributed by atoms with Crippen LogP contribution in [0.3, 0.4) is 0 Å². The molecule has 1 spiro atoms. The van der Waals surface area contributed by atoms with Gasteiger partial charge in [0, 0.05) is 5.41 Å². The van der Waals surface area contributed by atoms with Crippen LogP contribution in [0.4, 0.5) is 0 Å². The van der Waals surface area contributed by atoms with Gasteiger partial charge in [-0.1, -0.05) is 13.8 Å². The fraction of sp³-hybridized carbons (Fsp3) is 1.00. The molecular formula is C20H34O4. The standard InChI is InChI=1S/C20H34O4/c1-17(11-21)15-4-3-13-9-14-10-19(13,7-8-20(14,24)12-22)18(15,2)6-5-16(17)23/h13-16,21-24H,3-12H2,1-2H3/t13-,14-,15-,16-,17-,18+,19-,20-/m0/s1. The van der Waals surface area contributed by atoms with Crippen LogP contribution in [0.1, 0.15) is 65.2 Å². The minimum atomic E-state index is -0.886. The van der Waals surface area contributed by atoms with E-state index in [0.717, 1.165) is 44.9 Å². The van der Waals surface area contributed by atoms with E-state index in [1.807, 2.05) is 0 Å². The molecule has 0 aliphatic heterocycles. The zero-order valence-corrected chi connectivity index (χ0v) is 15.2. The molecule has 4 heteroatoms. The van der Waals surface area contributed by atoms with Crippen LogP contribution >= 0.6 is 0 Å². The molecule has 4 N–H and O–H groups in total. The van der Waals surface area contributed by atoms with Crippen molar-refractivity contribution in [3.05, 3.63) is 0 Å². The fourth-order valence-electron chi connectivity index (χ4n) is 7.93. The van der Waals surface area contributed by atoms with Gasteiger partial charge in [-0.15, -0.1) is 0 Å². The third kappa shape index (κ3) is 1.84. The van der Waals surface area contributed by atoms with E-state index in [2.05, 4.69) is 13.8 Å². The van der Waals surface area contributed by atoms with Gasteiger partial charge < -0.3 is 20.4 Å². The normalized spacial score (nSPS) is 59.8. The lowest BCUT2D eigenvalue weighted by atomic mass is 9.39. The third-order valence-electron chi connectivity index (χ3n) is 9.54. The average Bonchev–Trinajstić information content (AvgIpc) is 2.93. The molecule has 0 saturated heterocycles. The first kappa shape index (κ1) is 17.3. The maximum Gasteiger partial charge on any atom is 0.0905 e. The summed E-state index contributed by atoms with van der Waals surface area (Å²) in [7, 11) is 0. The van der Waals surface area contributed by atoms with Crippen molar-refractivity contribution in [3.8, 4) is 0 Å². The van der Waals surface area contributed by atoms with Crippen molar-refractivity contribution in [1.29, 1.82) is 0 Å². The Kier molecular flexibility index (Phi) is 3.73. The highest BCUT2D eigenvalue weighted by Gasteiger charge is 2.70. The Morgan fingerprint density at radius 1 is 0.917 bits per heavy atom. The van der Waals surface area contributed by atoms with E-state index in [1.54, 1.807) is 0 Å². The maximum absolute atomic E-state index is 10.9. The van der Waals surface area contributed by atoms with Gasteiger partial charge in [0.05, 0.1) is 24.9 Å². The van der Waals surface area contributed by atoms with E-state index < -0.39 is 17.1 Å². The summed E-state index contributed by atoms with van der Waals surface area (Å²) in [5.41, 5.74) is -0.949. The second kappa shape index (κ2) is 5.18. The van der Waals surface area contributed by atoms with E-state index in [9.17, 15) is 20.4 Å². The van der Waals surface area contributed by atoms with Crippen LogP contribution < -0.4 is 0 Å². The average molecular weight is 338 g/mol. The van der Waals surface area contributed by atoms with Crippen LogP contribution in [-0.4, -0.2) is 45.3 Å². The van der Waals surface area contributed by atoms with Crippen molar-refractivity contribution >= 4 is 0 Å². The van der Waals surface area contributed by atoms with Gasteiger partial charge in [-0.25, -0.2) is 0 Å². The molecule has 4 aliphatic rings. The maximum atomic E-state index is 10.9. The number of aliphatic hydroxyl groups excluding tert-OH is 3. The second-order valence-corrected chi connectivity index (χ2v) is 10.0. The predicted octanol–water partition coefficient (Wildman–Crippen LogP) is 2.09. The summed E-state index contributed by atoms with van der Waals surface area (Å²) < 4.78 is 0. The van der Waals surface area contributed by atoms with Crippen LogP contribution in [0.25, 0.3) is 0 Å². The Morgan fingerprint density at radius 3 is 2.33 bits per heavy atom. The molecule has 0 radical (unpaired) electrons. The first-order chi connectivity index (χ1) is 11.3. The Morgan fingerprint density at radius 2 is 1.67 bits per heavy atom. The fourth-order valence-corrected chi connectivity index (χ4v) is 7.93. The lowest BCUT2D eigenvalue weighted by molar-refractivity contribution is -0.216. The van der Waals surface area contributed by atoms with Gasteiger partial charge in [0.1, 0.15) is 0 Å². The van der Waals surface area contributed by atoms with Crippen molar-refractivity contribution < 1.29 is 20.4 Å². The van der Waals surface area contributed by atoms with Crippen molar-refractivity contribution in [1.82, 2.24) is 0 Å². The van der Waals surface area contributed by atoms with Gasteiger partial charge in [-0.3, -0.25) is 0 Å². The topological polar surface area (TPSA) is 80.9 Å². The number of aliphatic hydroxyl groups is 4. The van der Waals surface area contributed by atoms with Crippen LogP contribution in [-0.2, 0) is 0 Å². The second-order valence-electron chi connectivity index (χ2n) is 10.0. The van der Waals surface area contributed by atoms with E-state index in [1.165, 1.54) is 0 Å². The molecule has 0 unspecified atom stereocenters. The van der Waals surface area contributed by atoms with Crippen molar-refractivity contribution in [2.75, 3.05) is 13.2 Å². The number of fused-ring (bicyclic) bond motifs is 2. The summed E-state index contributed by atoms with van der Waals surface area (Å²) in [6, 6.07) is 0. The molecule has 24 heavy (non-hydrogen) atoms. The highest BCUT2D eigenvalue weighted by Crippen LogP contribution is 2.75. The van der Waals surface area contributed by atoms with Crippen LogP contribution in [0.15, 0.2) is 0 Å². The Bertz CT molecular complexity index is 524. The van der Waals surface area contributed by atoms with E-state index in [4.69, 9.17) is 0 Å². The molecule has 4 aliphatic carbocycles. The molecule has 0 aromatic rings. The van der Waals surface area contributed by atoms with Gasteiger partial charge in [0.2, 0.25) is 0 Å². The molecule has 0 heterocycles. The van der Waals surface area contributed by atoms with Gasteiger partial charge in [-0.2, -0.15) is 0 Å². The quantitative estimate of drug-likeness (QED) is 0.621. The van der Waals surface area contributed by atoms with Gasteiger partial charge >= 0.3 is 0 Å². The van der Waals surface area contributed by atoms with Gasteiger partial charge in [0.25, 0.3) is 0 Å².